The molecule has 1 N–H and O–H groups in total. The first-order valence-corrected chi connectivity index (χ1v) is 27.6. The molecule has 0 aromatic heterocycles. The topological polar surface area (TPSA) is 125 Å². The predicted molar refractivity (Wildman–Crippen MR) is 264 cm³/mol. The fraction of sp³-hybridized carbons (Fsp3) is 0.927. The number of esters is 4. The lowest BCUT2D eigenvalue weighted by atomic mass is 10.0. The van der Waals surface area contributed by atoms with E-state index in [-0.39, 0.29) is 49.6 Å². The number of aliphatic hydroxyl groups is 1. The van der Waals surface area contributed by atoms with Crippen LogP contribution in [0, 0.1) is 0 Å². The SMILES string of the molecule is CCCCCCCCC(CCCCCCCC)OC(=O)CCCCCCCCC(=O)OC[C@@H](CO)OC(=O)CCCCCCC(=O)OC(CCCCCCCC)CCCCCCCC. The quantitative estimate of drug-likeness (QED) is 0.0361. The summed E-state index contributed by atoms with van der Waals surface area (Å²) in [6.45, 7) is 8.39. The summed E-state index contributed by atoms with van der Waals surface area (Å²) in [6, 6.07) is 0. The molecule has 0 aliphatic carbocycles. The lowest BCUT2D eigenvalue weighted by Gasteiger charge is -2.18. The van der Waals surface area contributed by atoms with E-state index >= 15 is 0 Å². The molecule has 0 saturated heterocycles. The molecule has 0 aliphatic heterocycles. The number of unbranched alkanes of at least 4 members (excludes halogenated alkanes) is 28. The fourth-order valence-corrected chi connectivity index (χ4v) is 8.39. The first kappa shape index (κ1) is 61.8. The molecule has 9 heteroatoms. The maximum absolute atomic E-state index is 12.7. The summed E-state index contributed by atoms with van der Waals surface area (Å²) in [7, 11) is 0. The molecule has 64 heavy (non-hydrogen) atoms. The predicted octanol–water partition coefficient (Wildman–Crippen LogP) is 15.7. The Labute approximate surface area is 394 Å². The van der Waals surface area contributed by atoms with Gasteiger partial charge in [0.1, 0.15) is 18.8 Å². The highest BCUT2D eigenvalue weighted by atomic mass is 16.6. The zero-order valence-electron chi connectivity index (χ0n) is 42.6. The number of rotatable bonds is 50. The van der Waals surface area contributed by atoms with Crippen molar-refractivity contribution < 1.29 is 43.2 Å². The maximum atomic E-state index is 12.7. The molecule has 0 bridgehead atoms. The van der Waals surface area contributed by atoms with E-state index in [2.05, 4.69) is 27.7 Å². The summed E-state index contributed by atoms with van der Waals surface area (Å²) >= 11 is 0. The number of carbonyl (C=O) groups excluding carboxylic acids is 4. The highest BCUT2D eigenvalue weighted by molar-refractivity contribution is 5.71. The molecule has 1 atom stereocenters. The van der Waals surface area contributed by atoms with Gasteiger partial charge in [-0.25, -0.2) is 0 Å². The van der Waals surface area contributed by atoms with E-state index in [1.54, 1.807) is 0 Å². The van der Waals surface area contributed by atoms with Gasteiger partial charge in [-0.05, 0) is 77.0 Å². The molecular formula is C55H104O9. The highest BCUT2D eigenvalue weighted by Gasteiger charge is 2.18. The van der Waals surface area contributed by atoms with Crippen LogP contribution in [0.4, 0.5) is 0 Å². The molecule has 0 radical (unpaired) electrons. The smallest absolute Gasteiger partial charge is 0.306 e. The molecule has 0 unspecified atom stereocenters. The van der Waals surface area contributed by atoms with E-state index in [1.165, 1.54) is 128 Å². The fourth-order valence-electron chi connectivity index (χ4n) is 8.39. The molecule has 378 valence electrons. The summed E-state index contributed by atoms with van der Waals surface area (Å²) < 4.78 is 22.6. The van der Waals surface area contributed by atoms with E-state index in [0.29, 0.717) is 25.7 Å². The average Bonchev–Trinajstić information content (AvgIpc) is 3.28. The minimum atomic E-state index is -0.875. The molecule has 0 aromatic carbocycles. The maximum Gasteiger partial charge on any atom is 0.306 e. The van der Waals surface area contributed by atoms with Crippen molar-refractivity contribution in [2.24, 2.45) is 0 Å². The summed E-state index contributed by atoms with van der Waals surface area (Å²) in [5.41, 5.74) is 0. The van der Waals surface area contributed by atoms with Crippen molar-refractivity contribution in [3.05, 3.63) is 0 Å². The summed E-state index contributed by atoms with van der Waals surface area (Å²) in [5.74, 6) is -0.935. The molecular weight excluding hydrogens is 805 g/mol. The van der Waals surface area contributed by atoms with Crippen molar-refractivity contribution in [3.8, 4) is 0 Å². The molecule has 9 nitrogen and oxygen atoms in total. The Hall–Kier alpha value is -2.16. The largest absolute Gasteiger partial charge is 0.462 e. The standard InChI is InChI=1S/C55H104O9/c1-5-9-13-17-23-31-39-49(40-32-24-18-14-10-6-2)62-53(58)44-36-28-22-21-27-35-43-52(57)61-48-51(47-56)64-55(60)46-38-30-29-37-45-54(59)63-50(41-33-25-19-15-11-7-3)42-34-26-20-16-12-8-4/h49-51,56H,5-48H2,1-4H3/t51-/m1/s1. The van der Waals surface area contributed by atoms with Crippen LogP contribution in [0.2, 0.25) is 0 Å². The van der Waals surface area contributed by atoms with Gasteiger partial charge in [0, 0.05) is 25.7 Å². The molecule has 0 saturated carbocycles. The van der Waals surface area contributed by atoms with Gasteiger partial charge in [-0.15, -0.1) is 0 Å². The number of hydrogen-bond acceptors (Lipinski definition) is 9. The minimum Gasteiger partial charge on any atom is -0.462 e. The molecule has 0 fully saturated rings. The first-order valence-electron chi connectivity index (χ1n) is 27.6. The van der Waals surface area contributed by atoms with Gasteiger partial charge in [0.15, 0.2) is 6.10 Å². The summed E-state index contributed by atoms with van der Waals surface area (Å²) in [4.78, 5) is 50.1. The van der Waals surface area contributed by atoms with E-state index in [9.17, 15) is 24.3 Å². The second-order valence-corrected chi connectivity index (χ2v) is 19.0. The zero-order chi connectivity index (χ0) is 47.0. The third-order valence-corrected chi connectivity index (χ3v) is 12.6. The molecule has 0 amide bonds. The van der Waals surface area contributed by atoms with Gasteiger partial charge >= 0.3 is 23.9 Å². The summed E-state index contributed by atoms with van der Waals surface area (Å²) in [5, 5.41) is 9.71. The van der Waals surface area contributed by atoms with Crippen molar-refractivity contribution in [1.82, 2.24) is 0 Å². The molecule has 0 rings (SSSR count). The van der Waals surface area contributed by atoms with Crippen LogP contribution in [0.3, 0.4) is 0 Å². The second-order valence-electron chi connectivity index (χ2n) is 19.0. The van der Waals surface area contributed by atoms with Gasteiger partial charge in [-0.2, -0.15) is 0 Å². The Morgan fingerprint density at radius 2 is 0.547 bits per heavy atom. The van der Waals surface area contributed by atoms with Crippen LogP contribution in [0.15, 0.2) is 0 Å². The van der Waals surface area contributed by atoms with E-state index in [0.717, 1.165) is 103 Å². The number of carbonyl (C=O) groups is 4. The van der Waals surface area contributed by atoms with E-state index < -0.39 is 18.7 Å². The zero-order valence-corrected chi connectivity index (χ0v) is 42.6. The first-order chi connectivity index (χ1) is 31.3. The number of aliphatic hydroxyl groups excluding tert-OH is 1. The summed E-state index contributed by atoms with van der Waals surface area (Å²) in [6.07, 6.45) is 42.8. The van der Waals surface area contributed by atoms with Crippen molar-refractivity contribution in [1.29, 1.82) is 0 Å². The Kier molecular flexibility index (Phi) is 47.1. The van der Waals surface area contributed by atoms with Gasteiger partial charge in [0.05, 0.1) is 6.61 Å². The van der Waals surface area contributed by atoms with Crippen molar-refractivity contribution in [2.75, 3.05) is 13.2 Å². The van der Waals surface area contributed by atoms with Crippen molar-refractivity contribution >= 4 is 23.9 Å². The van der Waals surface area contributed by atoms with Crippen molar-refractivity contribution in [3.63, 3.8) is 0 Å². The van der Waals surface area contributed by atoms with Crippen LogP contribution in [-0.4, -0.2) is 60.5 Å². The third kappa shape index (κ3) is 43.7. The van der Waals surface area contributed by atoms with Crippen molar-refractivity contribution in [2.45, 2.75) is 316 Å². The van der Waals surface area contributed by atoms with Crippen LogP contribution in [-0.2, 0) is 38.1 Å². The van der Waals surface area contributed by atoms with Crippen LogP contribution < -0.4 is 0 Å². The Bertz CT molecular complexity index is 1020. The van der Waals surface area contributed by atoms with Crippen LogP contribution >= 0.6 is 0 Å². The monoisotopic (exact) mass is 909 g/mol. The average molecular weight is 909 g/mol. The molecule has 0 heterocycles. The van der Waals surface area contributed by atoms with Gasteiger partial charge < -0.3 is 24.1 Å². The normalized spacial score (nSPS) is 11.9. The third-order valence-electron chi connectivity index (χ3n) is 12.6. The Morgan fingerprint density at radius 1 is 0.312 bits per heavy atom. The van der Waals surface area contributed by atoms with Gasteiger partial charge in [-0.3, -0.25) is 19.2 Å². The van der Waals surface area contributed by atoms with Crippen LogP contribution in [0.1, 0.15) is 297 Å². The lowest BCUT2D eigenvalue weighted by Crippen LogP contribution is -2.28. The molecule has 0 aliphatic rings. The number of hydrogen-bond donors (Lipinski definition) is 1. The van der Waals surface area contributed by atoms with Gasteiger partial charge in [-0.1, -0.05) is 195 Å². The van der Waals surface area contributed by atoms with Crippen LogP contribution in [0.25, 0.3) is 0 Å². The Balaban J connectivity index is 4.16. The number of ether oxygens (including phenoxy) is 4. The lowest BCUT2D eigenvalue weighted by molar-refractivity contribution is -0.161. The molecule has 0 spiro atoms. The Morgan fingerprint density at radius 3 is 0.828 bits per heavy atom. The van der Waals surface area contributed by atoms with Gasteiger partial charge in [0.25, 0.3) is 0 Å². The van der Waals surface area contributed by atoms with E-state index in [4.69, 9.17) is 18.9 Å². The van der Waals surface area contributed by atoms with E-state index in [1.807, 2.05) is 0 Å². The highest BCUT2D eigenvalue weighted by Crippen LogP contribution is 2.20. The second kappa shape index (κ2) is 48.8. The van der Waals surface area contributed by atoms with Crippen LogP contribution in [0.5, 0.6) is 0 Å². The van der Waals surface area contributed by atoms with Gasteiger partial charge in [0.2, 0.25) is 0 Å². The minimum absolute atomic E-state index is 0.0293. The molecule has 0 aromatic rings.